The molecule has 0 N–H and O–H groups in total. The van der Waals surface area contributed by atoms with E-state index < -0.39 is 38.5 Å². The van der Waals surface area contributed by atoms with Gasteiger partial charge in [-0.3, -0.25) is 18.7 Å². The highest BCUT2D eigenvalue weighted by molar-refractivity contribution is 7.91. The highest BCUT2D eigenvalue weighted by atomic mass is 32.2. The van der Waals surface area contributed by atoms with Crippen molar-refractivity contribution in [1.29, 1.82) is 0 Å². The molecule has 0 radical (unpaired) electrons. The zero-order valence-electron chi connectivity index (χ0n) is 15.1. The highest BCUT2D eigenvalue weighted by Gasteiger charge is 2.31. The fourth-order valence-electron chi connectivity index (χ4n) is 3.37. The normalized spacial score (nSPS) is 21.4. The fourth-order valence-corrected chi connectivity index (χ4v) is 4.72. The minimum absolute atomic E-state index is 0.0137. The summed E-state index contributed by atoms with van der Waals surface area (Å²) >= 11 is 0. The summed E-state index contributed by atoms with van der Waals surface area (Å²) in [7, 11) is -1.07. The van der Waals surface area contributed by atoms with Gasteiger partial charge in [-0.2, -0.15) is 0 Å². The first-order chi connectivity index (χ1) is 11.5. The molecule has 140 valence electrons. The van der Waals surface area contributed by atoms with Crippen LogP contribution in [0.4, 0.5) is 0 Å². The van der Waals surface area contributed by atoms with E-state index in [-0.39, 0.29) is 17.8 Å². The Labute approximate surface area is 147 Å². The predicted molar refractivity (Wildman–Crippen MR) is 94.0 cm³/mol. The van der Waals surface area contributed by atoms with Crippen LogP contribution in [0.1, 0.15) is 38.8 Å². The van der Waals surface area contributed by atoms with Crippen molar-refractivity contribution in [3.05, 3.63) is 32.6 Å². The van der Waals surface area contributed by atoms with E-state index in [4.69, 9.17) is 0 Å². The van der Waals surface area contributed by atoms with E-state index in [1.54, 1.807) is 4.90 Å². The van der Waals surface area contributed by atoms with E-state index in [9.17, 15) is 22.8 Å². The number of piperidine rings is 1. The number of rotatable bonds is 4. The lowest BCUT2D eigenvalue weighted by atomic mass is 9.98. The van der Waals surface area contributed by atoms with E-state index in [1.807, 2.05) is 13.8 Å². The van der Waals surface area contributed by atoms with Gasteiger partial charge in [-0.05, 0) is 33.1 Å². The molecule has 2 rings (SSSR count). The van der Waals surface area contributed by atoms with E-state index in [0.717, 1.165) is 34.5 Å². The maximum atomic E-state index is 12.5. The Morgan fingerprint density at radius 3 is 2.24 bits per heavy atom. The van der Waals surface area contributed by atoms with Gasteiger partial charge in [-0.15, -0.1) is 0 Å². The van der Waals surface area contributed by atoms with Gasteiger partial charge in [0.1, 0.15) is 5.75 Å². The lowest BCUT2D eigenvalue weighted by Gasteiger charge is -2.39. The molecular weight excluding hydrogens is 346 g/mol. The summed E-state index contributed by atoms with van der Waals surface area (Å²) in [4.78, 5) is 37.8. The number of hydrogen-bond acceptors (Lipinski definition) is 5. The van der Waals surface area contributed by atoms with Crippen molar-refractivity contribution in [1.82, 2.24) is 14.0 Å². The van der Waals surface area contributed by atoms with E-state index in [1.165, 1.54) is 14.1 Å². The monoisotopic (exact) mass is 371 g/mol. The van der Waals surface area contributed by atoms with Crippen molar-refractivity contribution in [2.75, 3.05) is 5.75 Å². The van der Waals surface area contributed by atoms with Crippen LogP contribution in [0.15, 0.2) is 15.7 Å². The number of likely N-dealkylation sites (tertiary alicyclic amines) is 1. The lowest BCUT2D eigenvalue weighted by molar-refractivity contribution is -0.134. The molecule has 0 spiro atoms. The van der Waals surface area contributed by atoms with Gasteiger partial charge >= 0.3 is 5.69 Å². The van der Waals surface area contributed by atoms with Crippen molar-refractivity contribution in [2.24, 2.45) is 14.1 Å². The zero-order chi connectivity index (χ0) is 18.9. The largest absolute Gasteiger partial charge is 0.336 e. The maximum Gasteiger partial charge on any atom is 0.330 e. The third kappa shape index (κ3) is 4.20. The van der Waals surface area contributed by atoms with Gasteiger partial charge in [0.05, 0.1) is 5.75 Å². The van der Waals surface area contributed by atoms with E-state index >= 15 is 0 Å². The molecule has 1 aromatic heterocycles. The molecule has 1 aromatic rings. The van der Waals surface area contributed by atoms with Gasteiger partial charge in [-0.1, -0.05) is 0 Å². The first-order valence-corrected chi connectivity index (χ1v) is 10.1. The molecule has 0 saturated carbocycles. The smallest absolute Gasteiger partial charge is 0.330 e. The summed E-state index contributed by atoms with van der Waals surface area (Å²) in [5, 5.41) is 0. The molecule has 2 heterocycles. The van der Waals surface area contributed by atoms with Crippen LogP contribution in [0, 0.1) is 0 Å². The van der Waals surface area contributed by atoms with Gasteiger partial charge in [-0.25, -0.2) is 13.2 Å². The third-order valence-electron chi connectivity index (χ3n) is 4.82. The minimum Gasteiger partial charge on any atom is -0.336 e. The molecule has 0 unspecified atom stereocenters. The number of carbonyl (C=O) groups excluding carboxylic acids is 1. The topological polar surface area (TPSA) is 98.5 Å². The minimum atomic E-state index is -3.80. The molecule has 1 saturated heterocycles. The van der Waals surface area contributed by atoms with E-state index in [2.05, 4.69) is 0 Å². The molecule has 1 aliphatic heterocycles. The van der Waals surface area contributed by atoms with Crippen molar-refractivity contribution >= 4 is 15.7 Å². The van der Waals surface area contributed by atoms with Gasteiger partial charge < -0.3 is 4.90 Å². The second kappa shape index (κ2) is 7.15. The van der Waals surface area contributed by atoms with Gasteiger partial charge in [0.15, 0.2) is 9.84 Å². The molecule has 1 amide bonds. The summed E-state index contributed by atoms with van der Waals surface area (Å²) in [6.45, 7) is 3.84. The van der Waals surface area contributed by atoms with Gasteiger partial charge in [0.2, 0.25) is 5.91 Å². The molecule has 25 heavy (non-hydrogen) atoms. The van der Waals surface area contributed by atoms with Crippen molar-refractivity contribution in [3.63, 3.8) is 0 Å². The Kier molecular flexibility index (Phi) is 5.55. The number of nitrogens with zero attached hydrogens (tertiary/aromatic N) is 3. The van der Waals surface area contributed by atoms with E-state index in [0.29, 0.717) is 0 Å². The summed E-state index contributed by atoms with van der Waals surface area (Å²) in [5.74, 6) is -1.56. The Bertz CT molecular complexity index is 874. The van der Waals surface area contributed by atoms with Gasteiger partial charge in [0.25, 0.3) is 5.56 Å². The maximum absolute atomic E-state index is 12.5. The SMILES string of the molecule is C[C@H]1CCC[C@H](C)N1C(=O)CS(=O)(=O)Cc1cc(=O)n(C)c(=O)n1C. The number of amides is 1. The summed E-state index contributed by atoms with van der Waals surface area (Å²) in [6, 6.07) is 1.15. The Morgan fingerprint density at radius 1 is 1.12 bits per heavy atom. The number of aromatic nitrogens is 2. The van der Waals surface area contributed by atoms with Crippen LogP contribution >= 0.6 is 0 Å². The number of carbonyl (C=O) groups is 1. The molecule has 2 atom stereocenters. The molecule has 0 aromatic carbocycles. The van der Waals surface area contributed by atoms with Crippen LogP contribution < -0.4 is 11.2 Å². The molecular formula is C16H25N3O5S. The molecule has 8 nitrogen and oxygen atoms in total. The first kappa shape index (κ1) is 19.4. The number of hydrogen-bond donors (Lipinski definition) is 0. The van der Waals surface area contributed by atoms with Crippen LogP contribution in [-0.2, 0) is 34.5 Å². The molecule has 9 heteroatoms. The molecule has 0 bridgehead atoms. The average Bonchev–Trinajstić information content (AvgIpc) is 2.49. The summed E-state index contributed by atoms with van der Waals surface area (Å²) < 4.78 is 26.9. The molecule has 1 fully saturated rings. The van der Waals surface area contributed by atoms with Crippen LogP contribution in [0.5, 0.6) is 0 Å². The van der Waals surface area contributed by atoms with Crippen LogP contribution in [0.3, 0.4) is 0 Å². The predicted octanol–water partition coefficient (Wildman–Crippen LogP) is -0.212. The Hall–Kier alpha value is -1.90. The van der Waals surface area contributed by atoms with Crippen molar-refractivity contribution in [3.8, 4) is 0 Å². The highest BCUT2D eigenvalue weighted by Crippen LogP contribution is 2.23. The Morgan fingerprint density at radius 2 is 1.68 bits per heavy atom. The quantitative estimate of drug-likeness (QED) is 0.729. The second-order valence-electron chi connectivity index (χ2n) is 6.84. The number of sulfone groups is 1. The summed E-state index contributed by atoms with van der Waals surface area (Å²) in [6.07, 6.45) is 2.74. The fraction of sp³-hybridized carbons (Fsp3) is 0.688. The molecule has 1 aliphatic rings. The van der Waals surface area contributed by atoms with Crippen LogP contribution in [0.2, 0.25) is 0 Å². The standard InChI is InChI=1S/C16H25N3O5S/c1-11-6-5-7-12(2)19(11)15(21)10-25(23,24)9-13-8-14(20)18(4)16(22)17(13)3/h8,11-12H,5-7,9-10H2,1-4H3/t11-,12-/m0/s1. The third-order valence-corrected chi connectivity index (χ3v) is 6.24. The van der Waals surface area contributed by atoms with Crippen LogP contribution in [-0.4, -0.2) is 46.2 Å². The van der Waals surface area contributed by atoms with Gasteiger partial charge in [0, 0.05) is 37.9 Å². The Balaban J connectivity index is 2.22. The first-order valence-electron chi connectivity index (χ1n) is 8.31. The second-order valence-corrected chi connectivity index (χ2v) is 8.90. The zero-order valence-corrected chi connectivity index (χ0v) is 15.9. The van der Waals surface area contributed by atoms with Crippen molar-refractivity contribution < 1.29 is 13.2 Å². The lowest BCUT2D eigenvalue weighted by Crippen LogP contribution is -2.49. The van der Waals surface area contributed by atoms with Crippen molar-refractivity contribution in [2.45, 2.75) is 50.9 Å². The average molecular weight is 371 g/mol. The molecule has 0 aliphatic carbocycles. The summed E-state index contributed by atoms with van der Waals surface area (Å²) in [5.41, 5.74) is -1.08. The van der Waals surface area contributed by atoms with Crippen LogP contribution in [0.25, 0.3) is 0 Å².